The fourth-order valence-electron chi connectivity index (χ4n) is 4.74. The number of methoxy groups -OCH3 is 1. The lowest BCUT2D eigenvalue weighted by molar-refractivity contribution is -0.138. The third-order valence-electron chi connectivity index (χ3n) is 6.99. The molecule has 0 N–H and O–H groups in total. The van der Waals surface area contributed by atoms with Crippen molar-refractivity contribution < 1.29 is 14.3 Å². The van der Waals surface area contributed by atoms with Gasteiger partial charge in [0, 0.05) is 25.6 Å². The minimum absolute atomic E-state index is 0.0870. The Morgan fingerprint density at radius 2 is 1.71 bits per heavy atom. The number of hydrogen-bond acceptors (Lipinski definition) is 4. The number of carbonyl (C=O) groups excluding carboxylic acids is 2. The number of piperidine rings is 1. The fraction of sp³-hybridized carbons (Fsp3) is 0.680. The fourth-order valence-corrected chi connectivity index (χ4v) is 4.74. The van der Waals surface area contributed by atoms with Crippen molar-refractivity contribution in [3.05, 3.63) is 29.8 Å². The van der Waals surface area contributed by atoms with E-state index in [-0.39, 0.29) is 29.8 Å². The van der Waals surface area contributed by atoms with E-state index in [1.54, 1.807) is 7.11 Å². The van der Waals surface area contributed by atoms with Crippen LogP contribution in [0.15, 0.2) is 24.3 Å². The van der Waals surface area contributed by atoms with Crippen molar-refractivity contribution in [3.8, 4) is 5.75 Å². The molecule has 2 amide bonds. The number of likely N-dealkylation sites (tertiary alicyclic amines) is 2. The van der Waals surface area contributed by atoms with Crippen molar-refractivity contribution in [2.45, 2.75) is 64.5 Å². The lowest BCUT2D eigenvalue weighted by Gasteiger charge is -2.36. The van der Waals surface area contributed by atoms with Crippen molar-refractivity contribution in [2.75, 3.05) is 40.3 Å². The maximum absolute atomic E-state index is 13.3. The zero-order valence-corrected chi connectivity index (χ0v) is 19.7. The minimum atomic E-state index is 0.0870. The van der Waals surface area contributed by atoms with Crippen LogP contribution in [-0.4, -0.2) is 72.9 Å². The molecule has 0 bridgehead atoms. The molecule has 31 heavy (non-hydrogen) atoms. The first-order valence-corrected chi connectivity index (χ1v) is 11.8. The number of hydrogen-bond donors (Lipinski definition) is 0. The van der Waals surface area contributed by atoms with Gasteiger partial charge in [-0.05, 0) is 70.3 Å². The Hall–Kier alpha value is -2.08. The number of ether oxygens (including phenoxy) is 1. The largest absolute Gasteiger partial charge is 0.497 e. The van der Waals surface area contributed by atoms with Gasteiger partial charge in [0.15, 0.2) is 0 Å². The summed E-state index contributed by atoms with van der Waals surface area (Å²) in [5.41, 5.74) is 1.19. The molecule has 2 heterocycles. The molecule has 0 aromatic heterocycles. The molecule has 2 fully saturated rings. The molecule has 2 saturated heterocycles. The highest BCUT2D eigenvalue weighted by Crippen LogP contribution is 2.31. The van der Waals surface area contributed by atoms with E-state index in [4.69, 9.17) is 4.74 Å². The summed E-state index contributed by atoms with van der Waals surface area (Å²) in [6.07, 6.45) is 6.08. The average molecular weight is 430 g/mol. The van der Waals surface area contributed by atoms with Crippen molar-refractivity contribution in [1.29, 1.82) is 0 Å². The molecule has 0 saturated carbocycles. The van der Waals surface area contributed by atoms with E-state index in [2.05, 4.69) is 21.9 Å². The number of benzene rings is 1. The van der Waals surface area contributed by atoms with Crippen LogP contribution in [0.3, 0.4) is 0 Å². The Bertz CT molecular complexity index is 726. The summed E-state index contributed by atoms with van der Waals surface area (Å²) in [6, 6.07) is 8.52. The Kier molecular flexibility index (Phi) is 8.35. The third-order valence-corrected chi connectivity index (χ3v) is 6.99. The Balaban J connectivity index is 1.59. The van der Waals surface area contributed by atoms with Gasteiger partial charge in [-0.25, -0.2) is 0 Å². The molecular weight excluding hydrogens is 390 g/mol. The van der Waals surface area contributed by atoms with Crippen LogP contribution in [0.1, 0.15) is 64.0 Å². The first-order valence-electron chi connectivity index (χ1n) is 11.8. The van der Waals surface area contributed by atoms with E-state index in [0.717, 1.165) is 57.5 Å². The van der Waals surface area contributed by atoms with Gasteiger partial charge in [-0.3, -0.25) is 14.5 Å². The highest BCUT2D eigenvalue weighted by Gasteiger charge is 2.31. The standard InChI is InChI=1S/C25H39N3O3/c1-19(2)26(3)25(30)21-13-16-27(17-14-21)18-24(29)28-15-7-5-6-8-23(28)20-9-11-22(31-4)12-10-20/h9-12,19,21,23H,5-8,13-18H2,1-4H3. The second-order valence-electron chi connectivity index (χ2n) is 9.32. The van der Waals surface area contributed by atoms with E-state index in [1.807, 2.05) is 37.9 Å². The molecule has 1 unspecified atom stereocenters. The molecule has 6 nitrogen and oxygen atoms in total. The van der Waals surface area contributed by atoms with Crippen LogP contribution >= 0.6 is 0 Å². The van der Waals surface area contributed by atoms with Crippen LogP contribution in [0.25, 0.3) is 0 Å². The Morgan fingerprint density at radius 3 is 2.32 bits per heavy atom. The van der Waals surface area contributed by atoms with Gasteiger partial charge in [0.25, 0.3) is 0 Å². The summed E-state index contributed by atoms with van der Waals surface area (Å²) in [6.45, 7) is 7.00. The van der Waals surface area contributed by atoms with E-state index in [1.165, 1.54) is 12.0 Å². The molecular formula is C25H39N3O3. The lowest BCUT2D eigenvalue weighted by Crippen LogP contribution is -2.47. The lowest BCUT2D eigenvalue weighted by atomic mass is 9.95. The van der Waals surface area contributed by atoms with Crippen LogP contribution < -0.4 is 4.74 Å². The van der Waals surface area contributed by atoms with Crippen molar-refractivity contribution in [1.82, 2.24) is 14.7 Å². The predicted molar refractivity (Wildman–Crippen MR) is 123 cm³/mol. The van der Waals surface area contributed by atoms with Gasteiger partial charge in [0.2, 0.25) is 11.8 Å². The highest BCUT2D eigenvalue weighted by atomic mass is 16.5. The van der Waals surface area contributed by atoms with E-state index in [0.29, 0.717) is 6.54 Å². The monoisotopic (exact) mass is 429 g/mol. The second-order valence-corrected chi connectivity index (χ2v) is 9.32. The van der Waals surface area contributed by atoms with Crippen molar-refractivity contribution >= 4 is 11.8 Å². The molecule has 1 aromatic rings. The van der Waals surface area contributed by atoms with Gasteiger partial charge < -0.3 is 14.5 Å². The first-order chi connectivity index (χ1) is 14.9. The van der Waals surface area contributed by atoms with Gasteiger partial charge in [-0.15, -0.1) is 0 Å². The summed E-state index contributed by atoms with van der Waals surface area (Å²) in [5.74, 6) is 1.39. The predicted octanol–water partition coefficient (Wildman–Crippen LogP) is 3.72. The summed E-state index contributed by atoms with van der Waals surface area (Å²) in [4.78, 5) is 32.1. The van der Waals surface area contributed by atoms with Gasteiger partial charge >= 0.3 is 0 Å². The number of rotatable bonds is 6. The number of carbonyl (C=O) groups is 2. The number of nitrogens with zero attached hydrogens (tertiary/aromatic N) is 3. The zero-order chi connectivity index (χ0) is 22.4. The SMILES string of the molecule is COc1ccc(C2CCCCCN2C(=O)CN2CCC(C(=O)N(C)C(C)C)CC2)cc1. The molecule has 1 aromatic carbocycles. The first kappa shape index (κ1) is 23.6. The Labute approximate surface area is 187 Å². The van der Waals surface area contributed by atoms with Crippen molar-refractivity contribution in [2.24, 2.45) is 5.92 Å². The van der Waals surface area contributed by atoms with Gasteiger partial charge in [0.05, 0.1) is 19.7 Å². The van der Waals surface area contributed by atoms with Crippen LogP contribution in [-0.2, 0) is 9.59 Å². The van der Waals surface area contributed by atoms with E-state index < -0.39 is 0 Å². The van der Waals surface area contributed by atoms with Crippen LogP contribution in [0, 0.1) is 5.92 Å². The molecule has 2 aliphatic heterocycles. The van der Waals surface area contributed by atoms with Gasteiger partial charge in [0.1, 0.15) is 5.75 Å². The zero-order valence-electron chi connectivity index (χ0n) is 19.7. The molecule has 172 valence electrons. The molecule has 6 heteroatoms. The van der Waals surface area contributed by atoms with Crippen LogP contribution in [0.2, 0.25) is 0 Å². The number of amides is 2. The molecule has 2 aliphatic rings. The summed E-state index contributed by atoms with van der Waals surface area (Å²) in [7, 11) is 3.57. The topological polar surface area (TPSA) is 53.1 Å². The van der Waals surface area contributed by atoms with Crippen molar-refractivity contribution in [3.63, 3.8) is 0 Å². The summed E-state index contributed by atoms with van der Waals surface area (Å²) >= 11 is 0. The highest BCUT2D eigenvalue weighted by molar-refractivity contribution is 5.80. The van der Waals surface area contributed by atoms with E-state index in [9.17, 15) is 9.59 Å². The molecule has 0 aliphatic carbocycles. The van der Waals surface area contributed by atoms with Gasteiger partial charge in [-0.1, -0.05) is 25.0 Å². The molecule has 1 atom stereocenters. The quantitative estimate of drug-likeness (QED) is 0.692. The van der Waals surface area contributed by atoms with Gasteiger partial charge in [-0.2, -0.15) is 0 Å². The maximum Gasteiger partial charge on any atom is 0.237 e. The minimum Gasteiger partial charge on any atom is -0.497 e. The third kappa shape index (κ3) is 6.00. The molecule has 0 radical (unpaired) electrons. The van der Waals surface area contributed by atoms with Crippen LogP contribution in [0.4, 0.5) is 0 Å². The molecule has 3 rings (SSSR count). The molecule has 0 spiro atoms. The average Bonchev–Trinajstić information content (AvgIpc) is 3.05. The summed E-state index contributed by atoms with van der Waals surface area (Å²) < 4.78 is 5.29. The normalized spacial score (nSPS) is 21.1. The maximum atomic E-state index is 13.3. The van der Waals surface area contributed by atoms with E-state index >= 15 is 0 Å². The summed E-state index contributed by atoms with van der Waals surface area (Å²) in [5, 5.41) is 0. The van der Waals surface area contributed by atoms with Crippen LogP contribution in [0.5, 0.6) is 5.75 Å². The Morgan fingerprint density at radius 1 is 1.03 bits per heavy atom. The smallest absolute Gasteiger partial charge is 0.237 e. The second kappa shape index (κ2) is 11.0.